The summed E-state index contributed by atoms with van der Waals surface area (Å²) < 4.78 is 5.16. The lowest BCUT2D eigenvalue weighted by molar-refractivity contribution is 0.247. The summed E-state index contributed by atoms with van der Waals surface area (Å²) in [6, 6.07) is 1.69. The fourth-order valence-corrected chi connectivity index (χ4v) is 2.69. The molecule has 2 heterocycles. The molecule has 2 aromatic rings. The van der Waals surface area contributed by atoms with Crippen LogP contribution in [0.4, 0.5) is 10.5 Å². The maximum Gasteiger partial charge on any atom is 0.319 e. The molecule has 1 unspecified atom stereocenters. The second-order valence-electron chi connectivity index (χ2n) is 5.48. The standard InChI is InChI=1S/C15H19N5O2/c1-9-5-13(14(22-2)16-7-9)19-15(21)18-11-3-4-12-10(6-11)8-17-20-12/h5,7-8,11H,3-4,6H2,1-2H3,(H,17,20)(H2,18,19,21). The number of amides is 2. The molecule has 7 heteroatoms. The maximum absolute atomic E-state index is 12.2. The molecular weight excluding hydrogens is 282 g/mol. The van der Waals surface area contributed by atoms with Crippen molar-refractivity contribution in [1.82, 2.24) is 20.5 Å². The van der Waals surface area contributed by atoms with Crippen molar-refractivity contribution >= 4 is 11.7 Å². The highest BCUT2D eigenvalue weighted by Crippen LogP contribution is 2.22. The third-order valence-electron chi connectivity index (χ3n) is 3.78. The summed E-state index contributed by atoms with van der Waals surface area (Å²) in [6.07, 6.45) is 6.11. The summed E-state index contributed by atoms with van der Waals surface area (Å²) in [5.41, 5.74) is 3.87. The number of H-pyrrole nitrogens is 1. The molecule has 2 aromatic heterocycles. The van der Waals surface area contributed by atoms with E-state index in [0.717, 1.165) is 24.8 Å². The first kappa shape index (κ1) is 14.4. The number of fused-ring (bicyclic) bond motifs is 1. The highest BCUT2D eigenvalue weighted by atomic mass is 16.5. The number of aromatic amines is 1. The molecule has 0 bridgehead atoms. The Kier molecular flexibility index (Phi) is 3.95. The molecule has 7 nitrogen and oxygen atoms in total. The average molecular weight is 301 g/mol. The Bertz CT molecular complexity index is 682. The van der Waals surface area contributed by atoms with E-state index in [1.165, 1.54) is 18.4 Å². The van der Waals surface area contributed by atoms with Gasteiger partial charge in [0.1, 0.15) is 5.69 Å². The molecule has 116 valence electrons. The quantitative estimate of drug-likeness (QED) is 0.806. The van der Waals surface area contributed by atoms with Gasteiger partial charge in [-0.3, -0.25) is 5.10 Å². The fraction of sp³-hybridized carbons (Fsp3) is 0.400. The Morgan fingerprint density at radius 2 is 2.32 bits per heavy atom. The topological polar surface area (TPSA) is 91.9 Å². The lowest BCUT2D eigenvalue weighted by atomic mass is 9.94. The molecule has 0 aliphatic heterocycles. The molecular formula is C15H19N5O2. The zero-order valence-corrected chi connectivity index (χ0v) is 12.6. The van der Waals surface area contributed by atoms with Crippen LogP contribution in [0.25, 0.3) is 0 Å². The van der Waals surface area contributed by atoms with Crippen molar-refractivity contribution in [3.8, 4) is 5.88 Å². The van der Waals surface area contributed by atoms with Crippen molar-refractivity contribution in [2.75, 3.05) is 12.4 Å². The van der Waals surface area contributed by atoms with E-state index in [2.05, 4.69) is 25.8 Å². The zero-order valence-electron chi connectivity index (χ0n) is 12.6. The van der Waals surface area contributed by atoms with Crippen molar-refractivity contribution in [2.45, 2.75) is 32.2 Å². The van der Waals surface area contributed by atoms with Gasteiger partial charge in [0.25, 0.3) is 0 Å². The molecule has 0 saturated heterocycles. The van der Waals surface area contributed by atoms with E-state index in [0.29, 0.717) is 11.6 Å². The second kappa shape index (κ2) is 6.05. The molecule has 0 fully saturated rings. The van der Waals surface area contributed by atoms with Gasteiger partial charge in [-0.1, -0.05) is 0 Å². The zero-order chi connectivity index (χ0) is 15.5. The van der Waals surface area contributed by atoms with Crippen LogP contribution in [-0.2, 0) is 12.8 Å². The fourth-order valence-electron chi connectivity index (χ4n) is 2.69. The number of aromatic nitrogens is 3. The summed E-state index contributed by atoms with van der Waals surface area (Å²) in [4.78, 5) is 16.3. The number of aryl methyl sites for hydroxylation is 2. The third-order valence-corrected chi connectivity index (χ3v) is 3.78. The SMILES string of the molecule is COc1ncc(C)cc1NC(=O)NC1CCc2[nH]ncc2C1. The number of carbonyl (C=O) groups excluding carboxylic acids is 1. The van der Waals surface area contributed by atoms with Gasteiger partial charge in [-0.25, -0.2) is 9.78 Å². The number of urea groups is 1. The summed E-state index contributed by atoms with van der Waals surface area (Å²) in [7, 11) is 1.53. The van der Waals surface area contributed by atoms with E-state index in [1.807, 2.05) is 19.2 Å². The van der Waals surface area contributed by atoms with E-state index in [1.54, 1.807) is 6.20 Å². The van der Waals surface area contributed by atoms with Crippen LogP contribution >= 0.6 is 0 Å². The van der Waals surface area contributed by atoms with Crippen molar-refractivity contribution in [3.05, 3.63) is 35.3 Å². The van der Waals surface area contributed by atoms with Crippen LogP contribution < -0.4 is 15.4 Å². The minimum absolute atomic E-state index is 0.105. The van der Waals surface area contributed by atoms with E-state index in [9.17, 15) is 4.79 Å². The first-order valence-electron chi connectivity index (χ1n) is 7.25. The molecule has 0 aromatic carbocycles. The number of nitrogens with one attached hydrogen (secondary N) is 3. The number of nitrogens with zero attached hydrogens (tertiary/aromatic N) is 2. The highest BCUT2D eigenvalue weighted by Gasteiger charge is 2.21. The molecule has 0 radical (unpaired) electrons. The van der Waals surface area contributed by atoms with Gasteiger partial charge in [-0.2, -0.15) is 5.10 Å². The van der Waals surface area contributed by atoms with E-state index in [4.69, 9.17) is 4.74 Å². The molecule has 0 spiro atoms. The van der Waals surface area contributed by atoms with Gasteiger partial charge < -0.3 is 15.4 Å². The first-order chi connectivity index (χ1) is 10.7. The van der Waals surface area contributed by atoms with E-state index >= 15 is 0 Å². The molecule has 0 saturated carbocycles. The van der Waals surface area contributed by atoms with Gasteiger partial charge in [0.2, 0.25) is 5.88 Å². The molecule has 1 aliphatic carbocycles. The summed E-state index contributed by atoms with van der Waals surface area (Å²) in [6.45, 7) is 1.91. The van der Waals surface area contributed by atoms with Gasteiger partial charge in [0.05, 0.1) is 13.3 Å². The number of carbonyl (C=O) groups is 1. The number of ether oxygens (including phenoxy) is 1. The predicted octanol–water partition coefficient (Wildman–Crippen LogP) is 1.80. The number of pyridine rings is 1. The van der Waals surface area contributed by atoms with Crippen molar-refractivity contribution in [3.63, 3.8) is 0 Å². The van der Waals surface area contributed by atoms with E-state index in [-0.39, 0.29) is 12.1 Å². The van der Waals surface area contributed by atoms with Gasteiger partial charge in [-0.05, 0) is 43.4 Å². The molecule has 2 amide bonds. The summed E-state index contributed by atoms with van der Waals surface area (Å²) >= 11 is 0. The van der Waals surface area contributed by atoms with Gasteiger partial charge in [0.15, 0.2) is 0 Å². The number of rotatable bonds is 3. The lowest BCUT2D eigenvalue weighted by Crippen LogP contribution is -2.41. The van der Waals surface area contributed by atoms with Gasteiger partial charge >= 0.3 is 6.03 Å². The Balaban J connectivity index is 1.63. The Morgan fingerprint density at radius 1 is 1.45 bits per heavy atom. The van der Waals surface area contributed by atoms with Crippen LogP contribution in [0.2, 0.25) is 0 Å². The van der Waals surface area contributed by atoms with Crippen LogP contribution in [-0.4, -0.2) is 34.4 Å². The van der Waals surface area contributed by atoms with Crippen molar-refractivity contribution < 1.29 is 9.53 Å². The van der Waals surface area contributed by atoms with E-state index < -0.39 is 0 Å². The van der Waals surface area contributed by atoms with Crippen LogP contribution in [0, 0.1) is 6.92 Å². The second-order valence-corrected chi connectivity index (χ2v) is 5.48. The Hall–Kier alpha value is -2.57. The van der Waals surface area contributed by atoms with Gasteiger partial charge in [0, 0.05) is 17.9 Å². The smallest absolute Gasteiger partial charge is 0.319 e. The minimum atomic E-state index is -0.248. The molecule has 1 atom stereocenters. The van der Waals surface area contributed by atoms with Crippen LogP contribution in [0.3, 0.4) is 0 Å². The molecule has 3 N–H and O–H groups in total. The normalized spacial score (nSPS) is 16.7. The average Bonchev–Trinajstić information content (AvgIpc) is 2.95. The minimum Gasteiger partial charge on any atom is -0.480 e. The van der Waals surface area contributed by atoms with Gasteiger partial charge in [-0.15, -0.1) is 0 Å². The number of hydrogen-bond donors (Lipinski definition) is 3. The largest absolute Gasteiger partial charge is 0.480 e. The summed E-state index contributed by atoms with van der Waals surface area (Å²) in [5.74, 6) is 0.404. The lowest BCUT2D eigenvalue weighted by Gasteiger charge is -2.23. The van der Waals surface area contributed by atoms with Crippen LogP contribution in [0.15, 0.2) is 18.5 Å². The third kappa shape index (κ3) is 3.03. The van der Waals surface area contributed by atoms with Crippen molar-refractivity contribution in [1.29, 1.82) is 0 Å². The number of hydrogen-bond acceptors (Lipinski definition) is 4. The Labute approximate surface area is 128 Å². The molecule has 3 rings (SSSR count). The Morgan fingerprint density at radius 3 is 3.14 bits per heavy atom. The van der Waals surface area contributed by atoms with Crippen LogP contribution in [0.1, 0.15) is 23.2 Å². The number of methoxy groups -OCH3 is 1. The van der Waals surface area contributed by atoms with Crippen molar-refractivity contribution in [2.24, 2.45) is 0 Å². The monoisotopic (exact) mass is 301 g/mol. The molecule has 1 aliphatic rings. The number of anilines is 1. The predicted molar refractivity (Wildman–Crippen MR) is 82.1 cm³/mol. The summed E-state index contributed by atoms with van der Waals surface area (Å²) in [5, 5.41) is 12.8. The molecule has 22 heavy (non-hydrogen) atoms. The van der Waals surface area contributed by atoms with Crippen LogP contribution in [0.5, 0.6) is 5.88 Å². The highest BCUT2D eigenvalue weighted by molar-refractivity contribution is 5.90. The first-order valence-corrected chi connectivity index (χ1v) is 7.25. The maximum atomic E-state index is 12.2.